The summed E-state index contributed by atoms with van der Waals surface area (Å²) >= 11 is 0. The van der Waals surface area contributed by atoms with Crippen molar-refractivity contribution < 1.29 is 14.3 Å². The molecule has 0 saturated heterocycles. The van der Waals surface area contributed by atoms with Gasteiger partial charge in [0.15, 0.2) is 0 Å². The lowest BCUT2D eigenvalue weighted by molar-refractivity contribution is -0.121. The van der Waals surface area contributed by atoms with Gasteiger partial charge in [-0.1, -0.05) is 60.7 Å². The summed E-state index contributed by atoms with van der Waals surface area (Å²) in [6, 6.07) is 26.5. The Morgan fingerprint density at radius 1 is 0.900 bits per heavy atom. The molecule has 5 nitrogen and oxygen atoms in total. The minimum Gasteiger partial charge on any atom is -0.492 e. The Bertz CT molecular complexity index is 916. The van der Waals surface area contributed by atoms with Gasteiger partial charge in [0.25, 0.3) is 0 Å². The van der Waals surface area contributed by atoms with Crippen LogP contribution in [0.3, 0.4) is 0 Å². The van der Waals surface area contributed by atoms with E-state index in [0.29, 0.717) is 31.2 Å². The van der Waals surface area contributed by atoms with E-state index in [2.05, 4.69) is 5.32 Å². The number of nitrogens with one attached hydrogen (secondary N) is 1. The zero-order valence-corrected chi connectivity index (χ0v) is 17.5. The maximum Gasteiger partial charge on any atom is 0.246 e. The molecule has 30 heavy (non-hydrogen) atoms. The highest BCUT2D eigenvalue weighted by molar-refractivity contribution is 5.96. The van der Waals surface area contributed by atoms with Gasteiger partial charge in [-0.05, 0) is 43.8 Å². The van der Waals surface area contributed by atoms with Crippen LogP contribution in [0.1, 0.15) is 18.5 Å². The molecule has 0 saturated carbocycles. The standard InChI is InChI=1S/C25H28N2O3/c1-3-29-23-17-11-10-16-22(23)26-25(28)24(20-12-6-4-7-13-20)27(2)18-19-30-21-14-8-5-9-15-21/h4-17,24H,3,18-19H2,1-2H3,(H,26,28). The summed E-state index contributed by atoms with van der Waals surface area (Å²) in [6.45, 7) is 3.53. The first-order chi connectivity index (χ1) is 14.7. The molecule has 1 N–H and O–H groups in total. The van der Waals surface area contributed by atoms with Gasteiger partial charge in [-0.2, -0.15) is 0 Å². The number of para-hydroxylation sites is 3. The van der Waals surface area contributed by atoms with Crippen LogP contribution < -0.4 is 14.8 Å². The molecule has 0 spiro atoms. The Morgan fingerprint density at radius 3 is 2.23 bits per heavy atom. The molecule has 3 aromatic carbocycles. The average molecular weight is 405 g/mol. The highest BCUT2D eigenvalue weighted by Gasteiger charge is 2.26. The largest absolute Gasteiger partial charge is 0.492 e. The summed E-state index contributed by atoms with van der Waals surface area (Å²) in [4.78, 5) is 15.3. The van der Waals surface area contributed by atoms with E-state index in [9.17, 15) is 4.79 Å². The first kappa shape index (κ1) is 21.4. The quantitative estimate of drug-likeness (QED) is 0.529. The molecule has 1 atom stereocenters. The van der Waals surface area contributed by atoms with Gasteiger partial charge in [-0.15, -0.1) is 0 Å². The lowest BCUT2D eigenvalue weighted by Crippen LogP contribution is -2.37. The molecular weight excluding hydrogens is 376 g/mol. The number of likely N-dealkylation sites (N-methyl/N-ethyl adjacent to an activating group) is 1. The summed E-state index contributed by atoms with van der Waals surface area (Å²) < 4.78 is 11.5. The molecule has 1 amide bonds. The first-order valence-corrected chi connectivity index (χ1v) is 10.1. The molecular formula is C25H28N2O3. The molecule has 0 aliphatic heterocycles. The summed E-state index contributed by atoms with van der Waals surface area (Å²) in [5, 5.41) is 3.04. The Hall–Kier alpha value is -3.31. The fourth-order valence-electron chi connectivity index (χ4n) is 3.25. The molecule has 5 heteroatoms. The predicted octanol–water partition coefficient (Wildman–Crippen LogP) is 4.78. The molecule has 0 heterocycles. The predicted molar refractivity (Wildman–Crippen MR) is 120 cm³/mol. The monoisotopic (exact) mass is 404 g/mol. The van der Waals surface area contributed by atoms with E-state index in [-0.39, 0.29) is 5.91 Å². The third-order valence-electron chi connectivity index (χ3n) is 4.71. The second kappa shape index (κ2) is 11.0. The normalized spacial score (nSPS) is 11.7. The van der Waals surface area contributed by atoms with E-state index in [1.54, 1.807) is 0 Å². The molecule has 1 unspecified atom stereocenters. The molecule has 0 aromatic heterocycles. The number of ether oxygens (including phenoxy) is 2. The molecule has 3 aromatic rings. The van der Waals surface area contributed by atoms with E-state index >= 15 is 0 Å². The second-order valence-electron chi connectivity index (χ2n) is 6.87. The lowest BCUT2D eigenvalue weighted by atomic mass is 10.0. The van der Waals surface area contributed by atoms with Crippen molar-refractivity contribution in [3.8, 4) is 11.5 Å². The molecule has 0 bridgehead atoms. The van der Waals surface area contributed by atoms with Crippen LogP contribution in [-0.4, -0.2) is 37.6 Å². The molecule has 0 aliphatic carbocycles. The summed E-state index contributed by atoms with van der Waals surface area (Å²) in [6.07, 6.45) is 0. The number of hydrogen-bond acceptors (Lipinski definition) is 4. The van der Waals surface area contributed by atoms with Gasteiger partial charge < -0.3 is 14.8 Å². The van der Waals surface area contributed by atoms with Crippen molar-refractivity contribution in [3.63, 3.8) is 0 Å². The fourth-order valence-corrected chi connectivity index (χ4v) is 3.25. The van der Waals surface area contributed by atoms with Crippen LogP contribution in [0.2, 0.25) is 0 Å². The fraction of sp³-hybridized carbons (Fsp3) is 0.240. The van der Waals surface area contributed by atoms with E-state index < -0.39 is 6.04 Å². The van der Waals surface area contributed by atoms with Gasteiger partial charge in [-0.25, -0.2) is 0 Å². The number of anilines is 1. The Balaban J connectivity index is 1.73. The van der Waals surface area contributed by atoms with Crippen molar-refractivity contribution in [2.45, 2.75) is 13.0 Å². The zero-order valence-electron chi connectivity index (χ0n) is 17.5. The topological polar surface area (TPSA) is 50.8 Å². The van der Waals surface area contributed by atoms with Crippen molar-refractivity contribution in [1.82, 2.24) is 4.90 Å². The Kier molecular flexibility index (Phi) is 7.86. The summed E-state index contributed by atoms with van der Waals surface area (Å²) in [5.74, 6) is 1.36. The molecule has 0 radical (unpaired) electrons. The average Bonchev–Trinajstić information content (AvgIpc) is 2.77. The Morgan fingerprint density at radius 2 is 1.53 bits per heavy atom. The third-order valence-corrected chi connectivity index (χ3v) is 4.71. The number of rotatable bonds is 10. The van der Waals surface area contributed by atoms with Crippen LogP contribution in [0.4, 0.5) is 5.69 Å². The van der Waals surface area contributed by atoms with Crippen molar-refractivity contribution >= 4 is 11.6 Å². The SMILES string of the molecule is CCOc1ccccc1NC(=O)C(c1ccccc1)N(C)CCOc1ccccc1. The van der Waals surface area contributed by atoms with Crippen molar-refractivity contribution in [3.05, 3.63) is 90.5 Å². The van der Waals surface area contributed by atoms with Crippen LogP contribution in [0.15, 0.2) is 84.9 Å². The summed E-state index contributed by atoms with van der Waals surface area (Å²) in [7, 11) is 1.93. The highest BCUT2D eigenvalue weighted by Crippen LogP contribution is 2.27. The molecule has 0 aliphatic rings. The zero-order chi connectivity index (χ0) is 21.2. The number of carbonyl (C=O) groups excluding carboxylic acids is 1. The maximum atomic E-state index is 13.3. The minimum atomic E-state index is -0.458. The van der Waals surface area contributed by atoms with Gasteiger partial charge >= 0.3 is 0 Å². The number of carbonyl (C=O) groups is 1. The van der Waals surface area contributed by atoms with Crippen molar-refractivity contribution in [2.75, 3.05) is 32.1 Å². The first-order valence-electron chi connectivity index (χ1n) is 10.1. The smallest absolute Gasteiger partial charge is 0.246 e. The van der Waals surface area contributed by atoms with E-state index in [4.69, 9.17) is 9.47 Å². The lowest BCUT2D eigenvalue weighted by Gasteiger charge is -2.28. The number of amides is 1. The van der Waals surface area contributed by atoms with Crippen LogP contribution in [0.5, 0.6) is 11.5 Å². The van der Waals surface area contributed by atoms with Gasteiger partial charge in [0.1, 0.15) is 24.1 Å². The Labute approximate surface area is 178 Å². The van der Waals surface area contributed by atoms with Crippen molar-refractivity contribution in [1.29, 1.82) is 0 Å². The minimum absolute atomic E-state index is 0.115. The number of benzene rings is 3. The van der Waals surface area contributed by atoms with E-state index in [0.717, 1.165) is 11.3 Å². The maximum absolute atomic E-state index is 13.3. The molecule has 3 rings (SSSR count). The van der Waals surface area contributed by atoms with Gasteiger partial charge in [0, 0.05) is 6.54 Å². The third kappa shape index (κ3) is 5.84. The van der Waals surface area contributed by atoms with Crippen LogP contribution >= 0.6 is 0 Å². The van der Waals surface area contributed by atoms with Crippen LogP contribution in [-0.2, 0) is 4.79 Å². The summed E-state index contributed by atoms with van der Waals surface area (Å²) in [5.41, 5.74) is 1.59. The second-order valence-corrected chi connectivity index (χ2v) is 6.87. The van der Waals surface area contributed by atoms with Gasteiger partial charge in [-0.3, -0.25) is 9.69 Å². The van der Waals surface area contributed by atoms with Crippen LogP contribution in [0.25, 0.3) is 0 Å². The number of hydrogen-bond donors (Lipinski definition) is 1. The number of nitrogens with zero attached hydrogens (tertiary/aromatic N) is 1. The highest BCUT2D eigenvalue weighted by atomic mass is 16.5. The van der Waals surface area contributed by atoms with Gasteiger partial charge in [0.2, 0.25) is 5.91 Å². The van der Waals surface area contributed by atoms with E-state index in [1.165, 1.54) is 0 Å². The van der Waals surface area contributed by atoms with Crippen LogP contribution in [0, 0.1) is 0 Å². The molecule has 156 valence electrons. The van der Waals surface area contributed by atoms with Gasteiger partial charge in [0.05, 0.1) is 12.3 Å². The van der Waals surface area contributed by atoms with Crippen molar-refractivity contribution in [2.24, 2.45) is 0 Å². The molecule has 0 fully saturated rings. The van der Waals surface area contributed by atoms with E-state index in [1.807, 2.05) is 104 Å².